The first-order chi connectivity index (χ1) is 13.3. The van der Waals surface area contributed by atoms with E-state index in [-0.39, 0.29) is 18.1 Å². The molecule has 1 saturated heterocycles. The van der Waals surface area contributed by atoms with Crippen molar-refractivity contribution in [3.8, 4) is 0 Å². The minimum atomic E-state index is -0.560. The minimum Gasteiger partial charge on any atom is -0.358 e. The zero-order valence-corrected chi connectivity index (χ0v) is 18.0. The molecule has 0 bridgehead atoms. The predicted octanol–water partition coefficient (Wildman–Crippen LogP) is 3.60. The molecule has 1 fully saturated rings. The molecule has 0 saturated carbocycles. The van der Waals surface area contributed by atoms with Gasteiger partial charge in [0.2, 0.25) is 5.91 Å². The molecule has 8 nitrogen and oxygen atoms in total. The molecule has 28 heavy (non-hydrogen) atoms. The van der Waals surface area contributed by atoms with Gasteiger partial charge in [0.1, 0.15) is 4.47 Å². The van der Waals surface area contributed by atoms with Crippen LogP contribution in [0.15, 0.2) is 28.9 Å². The van der Waals surface area contributed by atoms with E-state index in [1.165, 1.54) is 10.9 Å². The third-order valence-electron chi connectivity index (χ3n) is 4.54. The summed E-state index contributed by atoms with van der Waals surface area (Å²) >= 11 is 15.1. The molecule has 0 spiro atoms. The van der Waals surface area contributed by atoms with Crippen LogP contribution in [-0.2, 0) is 17.9 Å². The average molecular weight is 491 g/mol. The van der Waals surface area contributed by atoms with E-state index in [0.29, 0.717) is 34.2 Å². The van der Waals surface area contributed by atoms with E-state index in [9.17, 15) is 14.9 Å². The van der Waals surface area contributed by atoms with Crippen LogP contribution in [0, 0.1) is 10.1 Å². The molecule has 1 aliphatic heterocycles. The molecular formula is C17H18BrCl2N5O3. The Labute approximate surface area is 180 Å². The highest BCUT2D eigenvalue weighted by Gasteiger charge is 2.23. The largest absolute Gasteiger partial charge is 0.404 e. The van der Waals surface area contributed by atoms with E-state index in [1.807, 2.05) is 17.0 Å². The van der Waals surface area contributed by atoms with Crippen LogP contribution in [0.2, 0.25) is 10.0 Å². The SMILES string of the molecule is O=C(CCn1cc(Br)c([N+](=O)[O-])n1)N1CCN(Cc2ccc(Cl)c(Cl)c2)CC1. The molecule has 2 heterocycles. The molecule has 11 heteroatoms. The van der Waals surface area contributed by atoms with Crippen molar-refractivity contribution in [1.82, 2.24) is 19.6 Å². The molecule has 0 unspecified atom stereocenters. The number of hydrogen-bond donors (Lipinski definition) is 0. The van der Waals surface area contributed by atoms with Crippen LogP contribution in [0.1, 0.15) is 12.0 Å². The van der Waals surface area contributed by atoms with Crippen molar-refractivity contribution < 1.29 is 9.72 Å². The summed E-state index contributed by atoms with van der Waals surface area (Å²) in [6.07, 6.45) is 1.76. The van der Waals surface area contributed by atoms with Gasteiger partial charge in [-0.2, -0.15) is 4.68 Å². The van der Waals surface area contributed by atoms with Crippen LogP contribution in [0.3, 0.4) is 0 Å². The summed E-state index contributed by atoms with van der Waals surface area (Å²) in [5.41, 5.74) is 1.08. The smallest absolute Gasteiger partial charge is 0.358 e. The van der Waals surface area contributed by atoms with E-state index in [1.54, 1.807) is 6.07 Å². The number of carbonyl (C=O) groups is 1. The van der Waals surface area contributed by atoms with Crippen molar-refractivity contribution in [1.29, 1.82) is 0 Å². The maximum Gasteiger partial charge on any atom is 0.404 e. The molecule has 1 amide bonds. The monoisotopic (exact) mass is 489 g/mol. The number of amides is 1. The molecule has 0 aliphatic carbocycles. The van der Waals surface area contributed by atoms with Crippen LogP contribution in [0.25, 0.3) is 0 Å². The number of rotatable bonds is 6. The summed E-state index contributed by atoms with van der Waals surface area (Å²) in [5.74, 6) is -0.230. The van der Waals surface area contributed by atoms with Gasteiger partial charge in [-0.3, -0.25) is 9.69 Å². The third-order valence-corrected chi connectivity index (χ3v) is 5.84. The van der Waals surface area contributed by atoms with Gasteiger partial charge in [0, 0.05) is 39.1 Å². The zero-order chi connectivity index (χ0) is 20.3. The van der Waals surface area contributed by atoms with Crippen molar-refractivity contribution in [3.63, 3.8) is 0 Å². The second-order valence-electron chi connectivity index (χ2n) is 6.48. The van der Waals surface area contributed by atoms with Gasteiger partial charge in [-0.1, -0.05) is 29.3 Å². The Bertz CT molecular complexity index is 884. The van der Waals surface area contributed by atoms with Gasteiger partial charge in [0.05, 0.1) is 27.9 Å². The lowest BCUT2D eigenvalue weighted by Gasteiger charge is -2.34. The maximum absolute atomic E-state index is 12.4. The van der Waals surface area contributed by atoms with Crippen molar-refractivity contribution in [3.05, 3.63) is 54.6 Å². The molecule has 1 aromatic carbocycles. The number of halogens is 3. The summed E-state index contributed by atoms with van der Waals surface area (Å²) in [6.45, 7) is 3.88. The van der Waals surface area contributed by atoms with Crippen LogP contribution in [-0.4, -0.2) is 56.6 Å². The highest BCUT2D eigenvalue weighted by Crippen LogP contribution is 2.24. The maximum atomic E-state index is 12.4. The van der Waals surface area contributed by atoms with E-state index in [2.05, 4.69) is 25.9 Å². The van der Waals surface area contributed by atoms with E-state index < -0.39 is 4.92 Å². The van der Waals surface area contributed by atoms with Crippen molar-refractivity contribution >= 4 is 50.9 Å². The second-order valence-corrected chi connectivity index (χ2v) is 8.14. The van der Waals surface area contributed by atoms with Crippen LogP contribution < -0.4 is 0 Å². The highest BCUT2D eigenvalue weighted by atomic mass is 79.9. The normalized spacial score (nSPS) is 15.0. The summed E-state index contributed by atoms with van der Waals surface area (Å²) < 4.78 is 1.72. The quantitative estimate of drug-likeness (QED) is 0.456. The minimum absolute atomic E-state index is 0.0171. The second kappa shape index (κ2) is 9.21. The van der Waals surface area contributed by atoms with E-state index >= 15 is 0 Å². The lowest BCUT2D eigenvalue weighted by atomic mass is 10.2. The van der Waals surface area contributed by atoms with Gasteiger partial charge in [-0.05, 0) is 38.5 Å². The fourth-order valence-electron chi connectivity index (χ4n) is 3.05. The zero-order valence-electron chi connectivity index (χ0n) is 14.9. The fourth-order valence-corrected chi connectivity index (χ4v) is 3.83. The van der Waals surface area contributed by atoms with Crippen LogP contribution >= 0.6 is 39.1 Å². The summed E-state index contributed by atoms with van der Waals surface area (Å²) in [6, 6.07) is 5.60. The first-order valence-corrected chi connectivity index (χ1v) is 10.2. The molecule has 1 aromatic heterocycles. The number of carbonyl (C=O) groups excluding carboxylic acids is 1. The van der Waals surface area contributed by atoms with Gasteiger partial charge in [-0.15, -0.1) is 0 Å². The summed E-state index contributed by atoms with van der Waals surface area (Å²) in [5, 5.41) is 15.8. The Morgan fingerprint density at radius 1 is 1.21 bits per heavy atom. The number of nitro groups is 1. The van der Waals surface area contributed by atoms with Gasteiger partial charge in [0.25, 0.3) is 0 Å². The van der Waals surface area contributed by atoms with Crippen molar-refractivity contribution in [2.75, 3.05) is 26.2 Å². The van der Waals surface area contributed by atoms with Gasteiger partial charge in [0.15, 0.2) is 0 Å². The Morgan fingerprint density at radius 3 is 2.54 bits per heavy atom. The molecule has 3 rings (SSSR count). The molecule has 1 aliphatic rings. The van der Waals surface area contributed by atoms with Gasteiger partial charge in [-0.25, -0.2) is 0 Å². The van der Waals surface area contributed by atoms with E-state index in [4.69, 9.17) is 23.2 Å². The van der Waals surface area contributed by atoms with Crippen LogP contribution in [0.4, 0.5) is 5.82 Å². The third kappa shape index (κ3) is 5.22. The fraction of sp³-hybridized carbons (Fsp3) is 0.412. The standard InChI is InChI=1S/C17H18BrCl2N5O3/c18-13-11-24(21-17(13)25(27)28)4-3-16(26)23-7-5-22(6-8-23)10-12-1-2-14(19)15(20)9-12/h1-2,9,11H,3-8,10H2. The molecule has 0 atom stereocenters. The van der Waals surface area contributed by atoms with Crippen molar-refractivity contribution in [2.24, 2.45) is 0 Å². The molecular weight excluding hydrogens is 473 g/mol. The number of nitrogens with zero attached hydrogens (tertiary/aromatic N) is 5. The lowest BCUT2D eigenvalue weighted by molar-refractivity contribution is -0.390. The Kier molecular flexibility index (Phi) is 6.92. The predicted molar refractivity (Wildman–Crippen MR) is 110 cm³/mol. The first kappa shape index (κ1) is 21.0. The summed E-state index contributed by atoms with van der Waals surface area (Å²) in [7, 11) is 0. The van der Waals surface area contributed by atoms with Gasteiger partial charge < -0.3 is 15.0 Å². The topological polar surface area (TPSA) is 84.5 Å². The number of aryl methyl sites for hydroxylation is 1. The summed E-state index contributed by atoms with van der Waals surface area (Å²) in [4.78, 5) is 26.8. The van der Waals surface area contributed by atoms with Gasteiger partial charge >= 0.3 is 5.82 Å². The lowest BCUT2D eigenvalue weighted by Crippen LogP contribution is -2.48. The average Bonchev–Trinajstić information content (AvgIpc) is 3.04. The number of aromatic nitrogens is 2. The van der Waals surface area contributed by atoms with E-state index in [0.717, 1.165) is 25.2 Å². The molecule has 2 aromatic rings. The molecule has 0 N–H and O–H groups in total. The number of hydrogen-bond acceptors (Lipinski definition) is 5. The number of piperazine rings is 1. The highest BCUT2D eigenvalue weighted by molar-refractivity contribution is 9.10. The number of benzene rings is 1. The Balaban J connectivity index is 1.46. The Hall–Kier alpha value is -1.68. The van der Waals surface area contributed by atoms with Crippen LogP contribution in [0.5, 0.6) is 0 Å². The Morgan fingerprint density at radius 2 is 1.93 bits per heavy atom. The van der Waals surface area contributed by atoms with Crippen molar-refractivity contribution in [2.45, 2.75) is 19.5 Å². The first-order valence-electron chi connectivity index (χ1n) is 8.65. The molecule has 0 radical (unpaired) electrons. The molecule has 150 valence electrons.